The molecule has 2 fully saturated rings. The van der Waals surface area contributed by atoms with Crippen LogP contribution in [0.1, 0.15) is 47.2 Å². The van der Waals surface area contributed by atoms with Crippen LogP contribution in [0.5, 0.6) is 0 Å². The van der Waals surface area contributed by atoms with Crippen LogP contribution in [0.3, 0.4) is 0 Å². The monoisotopic (exact) mass is 409 g/mol. The molecule has 0 aliphatic heterocycles. The minimum atomic E-state index is -0.274. The Balaban J connectivity index is 1.32. The number of nitrogens with one attached hydrogen (secondary N) is 1. The number of hydrogen-bond acceptors (Lipinski definition) is 3. The molecule has 0 unspecified atom stereocenters. The second kappa shape index (κ2) is 8.96. The van der Waals surface area contributed by atoms with Gasteiger partial charge in [-0.15, -0.1) is 0 Å². The molecule has 2 amide bonds. The fraction of sp³-hybridized carbons (Fsp3) is 0.417. The molecule has 0 aromatic heterocycles. The number of hydrogen-bond donors (Lipinski definition) is 1. The van der Waals surface area contributed by atoms with Crippen LogP contribution in [-0.4, -0.2) is 47.3 Å². The summed E-state index contributed by atoms with van der Waals surface area (Å²) in [7, 11) is 1.78. The van der Waals surface area contributed by atoms with Crippen molar-refractivity contribution in [2.75, 3.05) is 13.6 Å². The van der Waals surface area contributed by atoms with Crippen LogP contribution in [0, 0.1) is 5.82 Å². The summed E-state index contributed by atoms with van der Waals surface area (Å²) in [6.45, 7) is 1.50. The fourth-order valence-corrected chi connectivity index (χ4v) is 3.49. The first-order valence-corrected chi connectivity index (χ1v) is 10.6. The highest BCUT2D eigenvalue weighted by molar-refractivity contribution is 5.94. The van der Waals surface area contributed by atoms with E-state index in [1.165, 1.54) is 12.1 Å². The van der Waals surface area contributed by atoms with Gasteiger partial charge in [0, 0.05) is 37.8 Å². The Bertz CT molecular complexity index is 890. The van der Waals surface area contributed by atoms with Crippen molar-refractivity contribution < 1.29 is 14.0 Å². The Kier molecular flexibility index (Phi) is 6.13. The first kappa shape index (κ1) is 20.5. The van der Waals surface area contributed by atoms with Gasteiger partial charge in [0.25, 0.3) is 5.91 Å². The molecule has 0 spiro atoms. The van der Waals surface area contributed by atoms with Gasteiger partial charge in [-0.1, -0.05) is 24.3 Å². The molecule has 0 atom stereocenters. The van der Waals surface area contributed by atoms with Gasteiger partial charge in [-0.2, -0.15) is 0 Å². The van der Waals surface area contributed by atoms with E-state index in [0.717, 1.165) is 36.8 Å². The Morgan fingerprint density at radius 1 is 0.933 bits per heavy atom. The molecule has 30 heavy (non-hydrogen) atoms. The minimum Gasteiger partial charge on any atom is -0.349 e. The standard InChI is InChI=1S/C24H28FN3O2/c1-27(14-17-4-8-20(25)9-5-17)23(29)16-28(22-12-13-22)15-18-2-6-19(7-3-18)24(30)26-21-10-11-21/h2-9,21-22H,10-16H2,1H3,(H,26,30). The van der Waals surface area contributed by atoms with E-state index in [-0.39, 0.29) is 17.6 Å². The van der Waals surface area contributed by atoms with Crippen LogP contribution < -0.4 is 5.32 Å². The number of halogens is 1. The van der Waals surface area contributed by atoms with E-state index < -0.39 is 0 Å². The third-order valence-electron chi connectivity index (χ3n) is 5.67. The first-order chi connectivity index (χ1) is 14.5. The average molecular weight is 410 g/mol. The van der Waals surface area contributed by atoms with Gasteiger partial charge in [0.05, 0.1) is 6.54 Å². The fourth-order valence-electron chi connectivity index (χ4n) is 3.49. The molecule has 2 aliphatic carbocycles. The third-order valence-corrected chi connectivity index (χ3v) is 5.67. The van der Waals surface area contributed by atoms with Crippen molar-refractivity contribution in [2.24, 2.45) is 0 Å². The Morgan fingerprint density at radius 3 is 2.13 bits per heavy atom. The topological polar surface area (TPSA) is 52.7 Å². The summed E-state index contributed by atoms with van der Waals surface area (Å²) < 4.78 is 13.1. The largest absolute Gasteiger partial charge is 0.349 e. The molecular formula is C24H28FN3O2. The first-order valence-electron chi connectivity index (χ1n) is 10.6. The Hall–Kier alpha value is -2.73. The molecule has 2 saturated carbocycles. The van der Waals surface area contributed by atoms with E-state index in [1.54, 1.807) is 24.1 Å². The van der Waals surface area contributed by atoms with Crippen molar-refractivity contribution in [3.63, 3.8) is 0 Å². The number of nitrogens with zero attached hydrogens (tertiary/aromatic N) is 2. The molecule has 0 saturated heterocycles. The van der Waals surface area contributed by atoms with Crippen LogP contribution in [0.2, 0.25) is 0 Å². The number of carbonyl (C=O) groups is 2. The van der Waals surface area contributed by atoms with Gasteiger partial charge in [0.1, 0.15) is 5.82 Å². The summed E-state index contributed by atoms with van der Waals surface area (Å²) in [5, 5.41) is 3.00. The van der Waals surface area contributed by atoms with E-state index >= 15 is 0 Å². The molecule has 1 N–H and O–H groups in total. The smallest absolute Gasteiger partial charge is 0.251 e. The maximum atomic E-state index is 13.1. The molecule has 6 heteroatoms. The predicted molar refractivity (Wildman–Crippen MR) is 113 cm³/mol. The van der Waals surface area contributed by atoms with Gasteiger partial charge < -0.3 is 10.2 Å². The summed E-state index contributed by atoms with van der Waals surface area (Å²) in [6, 6.07) is 14.7. The molecule has 2 aliphatic rings. The van der Waals surface area contributed by atoms with Gasteiger partial charge in [-0.3, -0.25) is 14.5 Å². The zero-order valence-corrected chi connectivity index (χ0v) is 17.3. The van der Waals surface area contributed by atoms with Crippen molar-refractivity contribution in [2.45, 2.75) is 50.9 Å². The zero-order valence-electron chi connectivity index (χ0n) is 17.3. The minimum absolute atomic E-state index is 0.0132. The van der Waals surface area contributed by atoms with Gasteiger partial charge in [0.15, 0.2) is 0 Å². The molecule has 0 radical (unpaired) electrons. The summed E-state index contributed by atoms with van der Waals surface area (Å²) in [4.78, 5) is 28.8. The van der Waals surface area contributed by atoms with Gasteiger partial charge >= 0.3 is 0 Å². The van der Waals surface area contributed by atoms with Crippen LogP contribution in [0.15, 0.2) is 48.5 Å². The van der Waals surface area contributed by atoms with E-state index in [2.05, 4.69) is 10.2 Å². The molecule has 5 nitrogen and oxygen atoms in total. The number of likely N-dealkylation sites (N-methyl/N-ethyl adjacent to an activating group) is 1. The van der Waals surface area contributed by atoms with Crippen LogP contribution in [-0.2, 0) is 17.9 Å². The highest BCUT2D eigenvalue weighted by Gasteiger charge is 2.31. The predicted octanol–water partition coefficient (Wildman–Crippen LogP) is 3.34. The van der Waals surface area contributed by atoms with E-state index in [4.69, 9.17) is 0 Å². The Labute approximate surface area is 176 Å². The van der Waals surface area contributed by atoms with E-state index in [0.29, 0.717) is 37.3 Å². The summed E-state index contributed by atoms with van der Waals surface area (Å²) in [6.07, 6.45) is 4.36. The van der Waals surface area contributed by atoms with E-state index in [9.17, 15) is 14.0 Å². The average Bonchev–Trinajstić information content (AvgIpc) is 3.64. The van der Waals surface area contributed by atoms with Crippen molar-refractivity contribution >= 4 is 11.8 Å². The van der Waals surface area contributed by atoms with Crippen molar-refractivity contribution in [1.29, 1.82) is 0 Å². The van der Waals surface area contributed by atoms with E-state index in [1.807, 2.05) is 24.3 Å². The van der Waals surface area contributed by atoms with Crippen LogP contribution in [0.25, 0.3) is 0 Å². The number of carbonyl (C=O) groups excluding carboxylic acids is 2. The number of rotatable bonds is 9. The second-order valence-electron chi connectivity index (χ2n) is 8.46. The molecular weight excluding hydrogens is 381 g/mol. The maximum absolute atomic E-state index is 13.1. The lowest BCUT2D eigenvalue weighted by Crippen LogP contribution is -2.39. The second-order valence-corrected chi connectivity index (χ2v) is 8.46. The van der Waals surface area contributed by atoms with Crippen LogP contribution >= 0.6 is 0 Å². The summed E-state index contributed by atoms with van der Waals surface area (Å²) in [5.41, 5.74) is 2.68. The lowest BCUT2D eigenvalue weighted by molar-refractivity contribution is -0.132. The maximum Gasteiger partial charge on any atom is 0.251 e. The molecule has 4 rings (SSSR count). The Morgan fingerprint density at radius 2 is 1.53 bits per heavy atom. The molecule has 2 aromatic carbocycles. The van der Waals surface area contributed by atoms with Crippen molar-refractivity contribution in [3.8, 4) is 0 Å². The normalized spacial score (nSPS) is 15.8. The summed E-state index contributed by atoms with van der Waals surface area (Å²) >= 11 is 0. The molecule has 158 valence electrons. The quantitative estimate of drug-likeness (QED) is 0.691. The SMILES string of the molecule is CN(Cc1ccc(F)cc1)C(=O)CN(Cc1ccc(C(=O)NC2CC2)cc1)C1CC1. The molecule has 0 bridgehead atoms. The highest BCUT2D eigenvalue weighted by Crippen LogP contribution is 2.28. The molecule has 0 heterocycles. The highest BCUT2D eigenvalue weighted by atomic mass is 19.1. The number of benzene rings is 2. The summed E-state index contributed by atoms with van der Waals surface area (Å²) in [5.74, 6) is -0.240. The van der Waals surface area contributed by atoms with Crippen LogP contribution in [0.4, 0.5) is 4.39 Å². The van der Waals surface area contributed by atoms with Crippen molar-refractivity contribution in [1.82, 2.24) is 15.1 Å². The van der Waals surface area contributed by atoms with Crippen molar-refractivity contribution in [3.05, 3.63) is 71.0 Å². The lowest BCUT2D eigenvalue weighted by atomic mass is 10.1. The van der Waals surface area contributed by atoms with Gasteiger partial charge in [-0.05, 0) is 61.1 Å². The molecule has 2 aromatic rings. The lowest BCUT2D eigenvalue weighted by Gasteiger charge is -2.25. The van der Waals surface area contributed by atoms with Gasteiger partial charge in [0.2, 0.25) is 5.91 Å². The third kappa shape index (κ3) is 5.66. The number of amides is 2. The van der Waals surface area contributed by atoms with Gasteiger partial charge in [-0.25, -0.2) is 4.39 Å². The zero-order chi connectivity index (χ0) is 21.1.